The summed E-state index contributed by atoms with van der Waals surface area (Å²) in [6, 6.07) is 6.75. The number of dihydropyridines is 1. The van der Waals surface area contributed by atoms with E-state index in [9.17, 15) is 19.8 Å². The second kappa shape index (κ2) is 15.2. The average molecular weight is 541 g/mol. The van der Waals surface area contributed by atoms with Gasteiger partial charge in [-0.15, -0.1) is 0 Å². The van der Waals surface area contributed by atoms with Gasteiger partial charge >= 0.3 is 11.9 Å². The lowest BCUT2D eigenvalue weighted by Crippen LogP contribution is -2.36. The Hall–Kier alpha value is -3.09. The number of hydrogen-bond acceptors (Lipinski definition) is 11. The minimum absolute atomic E-state index is 0.0463. The van der Waals surface area contributed by atoms with E-state index >= 15 is 0 Å². The van der Waals surface area contributed by atoms with Gasteiger partial charge in [0.1, 0.15) is 25.1 Å². The lowest BCUT2D eigenvalue weighted by molar-refractivity contribution is -0.143. The third-order valence-electron chi connectivity index (χ3n) is 5.26. The van der Waals surface area contributed by atoms with Crippen molar-refractivity contribution in [1.29, 1.82) is 0 Å². The van der Waals surface area contributed by atoms with E-state index in [1.807, 2.05) is 0 Å². The lowest BCUT2D eigenvalue weighted by atomic mass is 9.80. The van der Waals surface area contributed by atoms with Crippen LogP contribution in [-0.2, 0) is 23.8 Å². The second-order valence-electron chi connectivity index (χ2n) is 7.97. The van der Waals surface area contributed by atoms with Gasteiger partial charge in [-0.3, -0.25) is 0 Å². The van der Waals surface area contributed by atoms with Crippen LogP contribution in [0.25, 0.3) is 0 Å². The predicted octanol–water partition coefficient (Wildman–Crippen LogP) is 1.01. The zero-order valence-corrected chi connectivity index (χ0v) is 21.5. The fourth-order valence-corrected chi connectivity index (χ4v) is 3.84. The topological polar surface area (TPSA) is 167 Å². The van der Waals surface area contributed by atoms with E-state index < -0.39 is 43.8 Å². The summed E-state index contributed by atoms with van der Waals surface area (Å²) in [5, 5.41) is 42.9. The molecule has 1 aliphatic rings. The zero-order chi connectivity index (χ0) is 27.4. The third-order valence-corrected chi connectivity index (χ3v) is 5.61. The molecule has 204 valence electrons. The number of rotatable bonds is 14. The van der Waals surface area contributed by atoms with Crippen molar-refractivity contribution >= 4 is 23.5 Å². The molecule has 1 aliphatic heterocycles. The minimum Gasteiger partial charge on any atom is -0.508 e. The molecule has 1 aromatic carbocycles. The first kappa shape index (κ1) is 30.1. The number of carbonyl (C=O) groups is 2. The zero-order valence-electron chi connectivity index (χ0n) is 20.7. The van der Waals surface area contributed by atoms with Gasteiger partial charge in [0.15, 0.2) is 0 Å². The van der Waals surface area contributed by atoms with Gasteiger partial charge in [-0.1, -0.05) is 29.8 Å². The molecule has 0 amide bonds. The first-order chi connectivity index (χ1) is 17.7. The summed E-state index contributed by atoms with van der Waals surface area (Å²) < 4.78 is 16.2. The second-order valence-corrected chi connectivity index (χ2v) is 8.37. The Morgan fingerprint density at radius 1 is 1.19 bits per heavy atom. The van der Waals surface area contributed by atoms with Gasteiger partial charge in [-0.25, -0.2) is 9.59 Å². The smallest absolute Gasteiger partial charge is 0.336 e. The molecule has 2 unspecified atom stereocenters. The molecule has 1 aromatic rings. The van der Waals surface area contributed by atoms with E-state index in [0.29, 0.717) is 28.5 Å². The third kappa shape index (κ3) is 8.48. The quantitative estimate of drug-likeness (QED) is 0.113. The van der Waals surface area contributed by atoms with Crippen molar-refractivity contribution in [3.05, 3.63) is 69.4 Å². The molecule has 0 aliphatic carbocycles. The molecule has 12 heteroatoms. The van der Waals surface area contributed by atoms with E-state index in [1.54, 1.807) is 38.1 Å². The lowest BCUT2D eigenvalue weighted by Gasteiger charge is -2.32. The van der Waals surface area contributed by atoms with Crippen LogP contribution in [0.5, 0.6) is 0 Å². The number of esters is 2. The van der Waals surface area contributed by atoms with E-state index in [4.69, 9.17) is 36.0 Å². The molecule has 0 spiro atoms. The number of aliphatic hydroxyl groups is 4. The summed E-state index contributed by atoms with van der Waals surface area (Å²) in [6.07, 6.45) is -0.00997. The fourth-order valence-electron chi connectivity index (χ4n) is 3.59. The maximum atomic E-state index is 13.2. The highest BCUT2D eigenvalue weighted by molar-refractivity contribution is 6.31. The first-order valence-electron chi connectivity index (χ1n) is 11.6. The molecule has 0 bridgehead atoms. The number of hydrogen-bond donors (Lipinski definition) is 6. The molecule has 0 aromatic heterocycles. The standard InChI is InChI=1S/C25H33ClN2O9/c1-3-36-25(34)23-20(14-35-9-8-27-10-16(31)11-29)28-15(2)21(24(33)37-13-17(32)12-30)22(23)18-6-4-5-7-19(18)26/h4-7,10,17,22,27-32H,3,8-9,11-14H2,1-2H3/b16-10-. The summed E-state index contributed by atoms with van der Waals surface area (Å²) >= 11 is 6.49. The molecular weight excluding hydrogens is 508 g/mol. The molecule has 0 radical (unpaired) electrons. The molecular formula is C25H33ClN2O9. The maximum absolute atomic E-state index is 13.2. The highest BCUT2D eigenvalue weighted by Crippen LogP contribution is 2.42. The van der Waals surface area contributed by atoms with Gasteiger partial charge in [0, 0.05) is 23.5 Å². The van der Waals surface area contributed by atoms with Gasteiger partial charge in [-0.2, -0.15) is 0 Å². The van der Waals surface area contributed by atoms with Crippen LogP contribution >= 0.6 is 11.6 Å². The van der Waals surface area contributed by atoms with Crippen molar-refractivity contribution in [2.75, 3.05) is 46.2 Å². The van der Waals surface area contributed by atoms with Gasteiger partial charge < -0.3 is 45.3 Å². The molecule has 37 heavy (non-hydrogen) atoms. The van der Waals surface area contributed by atoms with Gasteiger partial charge in [0.05, 0.1) is 49.2 Å². The number of halogens is 1. The summed E-state index contributed by atoms with van der Waals surface area (Å²) in [5.41, 5.74) is 1.42. The average Bonchev–Trinajstić information content (AvgIpc) is 2.88. The van der Waals surface area contributed by atoms with Crippen LogP contribution < -0.4 is 10.6 Å². The van der Waals surface area contributed by atoms with Crippen molar-refractivity contribution in [3.63, 3.8) is 0 Å². The summed E-state index contributed by atoms with van der Waals surface area (Å²) in [7, 11) is 0. The first-order valence-corrected chi connectivity index (χ1v) is 12.0. The van der Waals surface area contributed by atoms with Crippen molar-refractivity contribution in [2.24, 2.45) is 0 Å². The molecule has 0 saturated carbocycles. The number of carbonyl (C=O) groups excluding carboxylic acids is 2. The van der Waals surface area contributed by atoms with Crippen LogP contribution in [0.1, 0.15) is 25.3 Å². The van der Waals surface area contributed by atoms with E-state index in [0.717, 1.165) is 0 Å². The van der Waals surface area contributed by atoms with Crippen molar-refractivity contribution < 1.29 is 44.2 Å². The van der Waals surface area contributed by atoms with Crippen molar-refractivity contribution in [1.82, 2.24) is 10.6 Å². The molecule has 6 N–H and O–H groups in total. The number of ether oxygens (including phenoxy) is 3. The maximum Gasteiger partial charge on any atom is 0.336 e. The van der Waals surface area contributed by atoms with Gasteiger partial charge in [0.25, 0.3) is 0 Å². The molecule has 0 fully saturated rings. The Bertz CT molecular complexity index is 1040. The Balaban J connectivity index is 2.43. The number of aliphatic hydroxyl groups excluding tert-OH is 4. The number of benzene rings is 1. The van der Waals surface area contributed by atoms with Crippen LogP contribution in [0.4, 0.5) is 0 Å². The fraction of sp³-hybridized carbons (Fsp3) is 0.440. The van der Waals surface area contributed by atoms with Crippen LogP contribution in [0.15, 0.2) is 58.8 Å². The van der Waals surface area contributed by atoms with E-state index in [-0.39, 0.29) is 36.7 Å². The van der Waals surface area contributed by atoms with Crippen molar-refractivity contribution in [3.8, 4) is 0 Å². The van der Waals surface area contributed by atoms with Crippen LogP contribution in [0.3, 0.4) is 0 Å². The number of nitrogens with one attached hydrogen (secondary N) is 2. The summed E-state index contributed by atoms with van der Waals surface area (Å²) in [5.74, 6) is -2.67. The SMILES string of the molecule is CCOC(=O)C1=C(COCCN/C=C(\O)CO)NC(C)=C(C(=O)OCC(O)CO)C1c1ccccc1Cl. The highest BCUT2D eigenvalue weighted by atomic mass is 35.5. The van der Waals surface area contributed by atoms with Gasteiger partial charge in [-0.05, 0) is 25.5 Å². The van der Waals surface area contributed by atoms with Gasteiger partial charge in [0.2, 0.25) is 0 Å². The highest BCUT2D eigenvalue weighted by Gasteiger charge is 2.40. The normalized spacial score (nSPS) is 16.8. The molecule has 11 nitrogen and oxygen atoms in total. The van der Waals surface area contributed by atoms with Crippen LogP contribution in [0.2, 0.25) is 5.02 Å². The van der Waals surface area contributed by atoms with E-state index in [2.05, 4.69) is 10.6 Å². The summed E-state index contributed by atoms with van der Waals surface area (Å²) in [6.45, 7) is 2.30. The molecule has 2 rings (SSSR count). The molecule has 0 saturated heterocycles. The van der Waals surface area contributed by atoms with Crippen LogP contribution in [0, 0.1) is 0 Å². The molecule has 2 atom stereocenters. The van der Waals surface area contributed by atoms with Crippen molar-refractivity contribution in [2.45, 2.75) is 25.9 Å². The number of allylic oxidation sites excluding steroid dienone is 1. The minimum atomic E-state index is -1.26. The molecule has 1 heterocycles. The Morgan fingerprint density at radius 3 is 2.54 bits per heavy atom. The van der Waals surface area contributed by atoms with E-state index in [1.165, 1.54) is 6.20 Å². The van der Waals surface area contributed by atoms with Crippen LogP contribution in [-0.4, -0.2) is 84.7 Å². The summed E-state index contributed by atoms with van der Waals surface area (Å²) in [4.78, 5) is 26.4. The largest absolute Gasteiger partial charge is 0.508 e. The predicted molar refractivity (Wildman–Crippen MR) is 134 cm³/mol. The Labute approximate surface area is 220 Å². The Kier molecular flexibility index (Phi) is 12.4. The Morgan fingerprint density at radius 2 is 1.89 bits per heavy atom. The monoisotopic (exact) mass is 540 g/mol.